The number of benzene rings is 3. The molecule has 3 rings (SSSR count). The van der Waals surface area contributed by atoms with Crippen molar-refractivity contribution in [2.75, 3.05) is 13.2 Å². The van der Waals surface area contributed by atoms with Gasteiger partial charge in [0, 0.05) is 5.39 Å². The van der Waals surface area contributed by atoms with Gasteiger partial charge in [0.05, 0.1) is 12.1 Å². The molecule has 1 amide bonds. The fraction of sp³-hybridized carbons (Fsp3) is 0.105. The quantitative estimate of drug-likeness (QED) is 0.728. The number of halogens is 1. The average molecular weight is 309 g/mol. The number of carbonyl (C=O) groups is 1. The number of amides is 1. The van der Waals surface area contributed by atoms with E-state index in [9.17, 15) is 9.18 Å². The Morgan fingerprint density at radius 3 is 2.57 bits per heavy atom. The van der Waals surface area contributed by atoms with Crippen LogP contribution in [0.15, 0.2) is 66.7 Å². The number of rotatable bonds is 5. The van der Waals surface area contributed by atoms with E-state index in [1.807, 2.05) is 42.5 Å². The highest BCUT2D eigenvalue weighted by molar-refractivity contribution is 5.94. The molecule has 0 spiro atoms. The maximum atomic E-state index is 13.5. The highest BCUT2D eigenvalue weighted by Gasteiger charge is 2.09. The minimum absolute atomic E-state index is 0.0395. The zero-order chi connectivity index (χ0) is 16.1. The van der Waals surface area contributed by atoms with Crippen molar-refractivity contribution >= 4 is 16.7 Å². The van der Waals surface area contributed by atoms with E-state index in [1.165, 1.54) is 12.1 Å². The third-order valence-electron chi connectivity index (χ3n) is 3.51. The summed E-state index contributed by atoms with van der Waals surface area (Å²) < 4.78 is 19.2. The van der Waals surface area contributed by atoms with Gasteiger partial charge in [0.25, 0.3) is 5.91 Å². The van der Waals surface area contributed by atoms with Crippen LogP contribution < -0.4 is 10.1 Å². The van der Waals surface area contributed by atoms with Crippen LogP contribution in [0.5, 0.6) is 5.75 Å². The molecular formula is C19H16FNO2. The molecule has 0 fully saturated rings. The molecule has 3 aromatic rings. The van der Waals surface area contributed by atoms with Gasteiger partial charge >= 0.3 is 0 Å². The molecule has 0 aliphatic heterocycles. The Morgan fingerprint density at radius 2 is 1.70 bits per heavy atom. The Hall–Kier alpha value is -2.88. The first kappa shape index (κ1) is 15.0. The first-order chi connectivity index (χ1) is 11.3. The molecule has 116 valence electrons. The molecule has 0 atom stereocenters. The number of ether oxygens (including phenoxy) is 1. The number of hydrogen-bond acceptors (Lipinski definition) is 2. The largest absolute Gasteiger partial charge is 0.491 e. The van der Waals surface area contributed by atoms with Crippen molar-refractivity contribution in [1.29, 1.82) is 0 Å². The van der Waals surface area contributed by atoms with E-state index in [0.29, 0.717) is 13.2 Å². The summed E-state index contributed by atoms with van der Waals surface area (Å²) in [4.78, 5) is 11.9. The van der Waals surface area contributed by atoms with Crippen LogP contribution in [0.2, 0.25) is 0 Å². The van der Waals surface area contributed by atoms with Gasteiger partial charge in [-0.15, -0.1) is 0 Å². The van der Waals surface area contributed by atoms with Gasteiger partial charge in [-0.05, 0) is 23.6 Å². The number of hydrogen-bond donors (Lipinski definition) is 1. The predicted octanol–water partition coefficient (Wildman–Crippen LogP) is 3.79. The Morgan fingerprint density at radius 1 is 0.957 bits per heavy atom. The lowest BCUT2D eigenvalue weighted by molar-refractivity contribution is 0.0943. The molecule has 1 N–H and O–H groups in total. The van der Waals surface area contributed by atoms with Crippen LogP contribution in [-0.4, -0.2) is 19.1 Å². The second-order valence-electron chi connectivity index (χ2n) is 5.06. The second-order valence-corrected chi connectivity index (χ2v) is 5.06. The molecule has 0 aliphatic carbocycles. The average Bonchev–Trinajstić information content (AvgIpc) is 2.59. The summed E-state index contributed by atoms with van der Waals surface area (Å²) in [5.41, 5.74) is 0.0395. The number of carbonyl (C=O) groups excluding carboxylic acids is 1. The molecule has 0 aromatic heterocycles. The molecule has 4 heteroatoms. The van der Waals surface area contributed by atoms with Crippen molar-refractivity contribution in [2.45, 2.75) is 0 Å². The highest BCUT2D eigenvalue weighted by atomic mass is 19.1. The lowest BCUT2D eigenvalue weighted by Gasteiger charge is -2.10. The van der Waals surface area contributed by atoms with Gasteiger partial charge in [0.1, 0.15) is 18.2 Å². The van der Waals surface area contributed by atoms with Crippen molar-refractivity contribution in [2.24, 2.45) is 0 Å². The molecule has 0 aliphatic rings. The van der Waals surface area contributed by atoms with E-state index < -0.39 is 11.7 Å². The van der Waals surface area contributed by atoms with Crippen LogP contribution in [0.1, 0.15) is 10.4 Å². The minimum atomic E-state index is -0.528. The third kappa shape index (κ3) is 3.48. The summed E-state index contributed by atoms with van der Waals surface area (Å²) >= 11 is 0. The molecular weight excluding hydrogens is 293 g/mol. The fourth-order valence-corrected chi connectivity index (χ4v) is 2.39. The molecule has 23 heavy (non-hydrogen) atoms. The SMILES string of the molecule is O=C(NCCOc1cccc2ccccc12)c1ccccc1F. The van der Waals surface area contributed by atoms with Crippen LogP contribution in [0.4, 0.5) is 4.39 Å². The van der Waals surface area contributed by atoms with Crippen molar-refractivity contribution in [3.63, 3.8) is 0 Å². The normalized spacial score (nSPS) is 10.5. The lowest BCUT2D eigenvalue weighted by atomic mass is 10.1. The molecule has 3 nitrogen and oxygen atoms in total. The summed E-state index contributed by atoms with van der Waals surface area (Å²) in [5.74, 6) is -0.201. The maximum Gasteiger partial charge on any atom is 0.254 e. The Kier molecular flexibility index (Phi) is 4.52. The second kappa shape index (κ2) is 6.92. The van der Waals surface area contributed by atoms with E-state index >= 15 is 0 Å². The highest BCUT2D eigenvalue weighted by Crippen LogP contribution is 2.24. The number of nitrogens with one attached hydrogen (secondary N) is 1. The fourth-order valence-electron chi connectivity index (χ4n) is 2.39. The van der Waals surface area contributed by atoms with Crippen LogP contribution in [0, 0.1) is 5.82 Å². The lowest BCUT2D eigenvalue weighted by Crippen LogP contribution is -2.28. The minimum Gasteiger partial charge on any atom is -0.491 e. The zero-order valence-electron chi connectivity index (χ0n) is 12.5. The van der Waals surface area contributed by atoms with Gasteiger partial charge in [-0.3, -0.25) is 4.79 Å². The third-order valence-corrected chi connectivity index (χ3v) is 3.51. The van der Waals surface area contributed by atoms with Crippen LogP contribution >= 0.6 is 0 Å². The summed E-state index contributed by atoms with van der Waals surface area (Å²) in [6.45, 7) is 0.616. The van der Waals surface area contributed by atoms with Gasteiger partial charge in [-0.1, -0.05) is 48.5 Å². The summed E-state index contributed by atoms with van der Waals surface area (Å²) in [6.07, 6.45) is 0. The van der Waals surface area contributed by atoms with E-state index in [2.05, 4.69) is 5.32 Å². The van der Waals surface area contributed by atoms with Crippen molar-refractivity contribution in [1.82, 2.24) is 5.32 Å². The number of fused-ring (bicyclic) bond motifs is 1. The summed E-state index contributed by atoms with van der Waals surface area (Å²) in [7, 11) is 0. The van der Waals surface area contributed by atoms with Gasteiger partial charge < -0.3 is 10.1 Å². The molecule has 0 heterocycles. The first-order valence-electron chi connectivity index (χ1n) is 7.39. The standard InChI is InChI=1S/C19H16FNO2/c20-17-10-4-3-9-16(17)19(22)21-12-13-23-18-11-5-7-14-6-1-2-8-15(14)18/h1-11H,12-13H2,(H,21,22). The van der Waals surface area contributed by atoms with E-state index in [0.717, 1.165) is 16.5 Å². The Labute approximate surface area is 133 Å². The molecule has 0 saturated heterocycles. The monoisotopic (exact) mass is 309 g/mol. The smallest absolute Gasteiger partial charge is 0.254 e. The summed E-state index contributed by atoms with van der Waals surface area (Å²) in [5, 5.41) is 4.78. The molecule has 0 unspecified atom stereocenters. The van der Waals surface area contributed by atoms with E-state index in [1.54, 1.807) is 12.1 Å². The van der Waals surface area contributed by atoms with Crippen molar-refractivity contribution in [3.8, 4) is 5.75 Å². The maximum absolute atomic E-state index is 13.5. The Balaban J connectivity index is 1.57. The van der Waals surface area contributed by atoms with Crippen LogP contribution in [-0.2, 0) is 0 Å². The van der Waals surface area contributed by atoms with E-state index in [4.69, 9.17) is 4.74 Å². The van der Waals surface area contributed by atoms with E-state index in [-0.39, 0.29) is 5.56 Å². The molecule has 0 bridgehead atoms. The summed E-state index contributed by atoms with van der Waals surface area (Å²) in [6, 6.07) is 19.7. The van der Waals surface area contributed by atoms with Gasteiger partial charge in [0.15, 0.2) is 0 Å². The first-order valence-corrected chi connectivity index (χ1v) is 7.39. The van der Waals surface area contributed by atoms with Gasteiger partial charge in [0.2, 0.25) is 0 Å². The van der Waals surface area contributed by atoms with Gasteiger partial charge in [-0.25, -0.2) is 4.39 Å². The van der Waals surface area contributed by atoms with Crippen LogP contribution in [0.3, 0.4) is 0 Å². The van der Waals surface area contributed by atoms with Gasteiger partial charge in [-0.2, -0.15) is 0 Å². The topological polar surface area (TPSA) is 38.3 Å². The Bertz CT molecular complexity index is 827. The molecule has 0 radical (unpaired) electrons. The molecule has 3 aromatic carbocycles. The van der Waals surface area contributed by atoms with Crippen molar-refractivity contribution < 1.29 is 13.9 Å². The van der Waals surface area contributed by atoms with Crippen LogP contribution in [0.25, 0.3) is 10.8 Å². The van der Waals surface area contributed by atoms with Crippen molar-refractivity contribution in [3.05, 3.63) is 78.1 Å². The zero-order valence-corrected chi connectivity index (χ0v) is 12.5. The predicted molar refractivity (Wildman–Crippen MR) is 88.2 cm³/mol. The molecule has 0 saturated carbocycles.